The van der Waals surface area contributed by atoms with Crippen molar-refractivity contribution in [2.24, 2.45) is 0 Å². The van der Waals surface area contributed by atoms with Crippen molar-refractivity contribution in [3.05, 3.63) is 65.4 Å². The normalized spacial score (nSPS) is 10.5. The number of nitrogens with one attached hydrogen (secondary N) is 1. The topological polar surface area (TPSA) is 68.0 Å². The summed E-state index contributed by atoms with van der Waals surface area (Å²) in [6.07, 6.45) is 3.43. The van der Waals surface area contributed by atoms with Gasteiger partial charge in [0.1, 0.15) is 0 Å². The van der Waals surface area contributed by atoms with Crippen molar-refractivity contribution >= 4 is 39.7 Å². The summed E-state index contributed by atoms with van der Waals surface area (Å²) in [5, 5.41) is 5.24. The Kier molecular flexibility index (Phi) is 3.46. The van der Waals surface area contributed by atoms with Crippen LogP contribution in [0, 0.1) is 0 Å². The van der Waals surface area contributed by atoms with Gasteiger partial charge in [0.25, 0.3) is 5.91 Å². The van der Waals surface area contributed by atoms with Gasteiger partial charge in [0, 0.05) is 28.5 Å². The van der Waals surface area contributed by atoms with Crippen LogP contribution in [0.15, 0.2) is 54.9 Å². The molecule has 104 valence electrons. The molecule has 0 aliphatic rings. The molecule has 1 aromatic heterocycles. The average Bonchev–Trinajstić information content (AvgIpc) is 2.47. The number of amides is 1. The van der Waals surface area contributed by atoms with E-state index in [1.165, 1.54) is 0 Å². The zero-order chi connectivity index (χ0) is 14.8. The number of aromatic nitrogens is 1. The quantitative estimate of drug-likeness (QED) is 0.708. The molecule has 0 atom stereocenters. The van der Waals surface area contributed by atoms with Crippen molar-refractivity contribution in [2.45, 2.75) is 0 Å². The lowest BCUT2D eigenvalue weighted by Crippen LogP contribution is -2.14. The number of carbonyl (C=O) groups excluding carboxylic acids is 1. The molecule has 0 aliphatic heterocycles. The average molecular weight is 298 g/mol. The third kappa shape index (κ3) is 2.66. The fourth-order valence-electron chi connectivity index (χ4n) is 2.15. The monoisotopic (exact) mass is 297 g/mol. The van der Waals surface area contributed by atoms with Gasteiger partial charge in [-0.3, -0.25) is 9.78 Å². The Bertz CT molecular complexity index is 827. The van der Waals surface area contributed by atoms with E-state index in [1.54, 1.807) is 30.6 Å². The minimum absolute atomic E-state index is 0.277. The number of benzene rings is 2. The van der Waals surface area contributed by atoms with E-state index >= 15 is 0 Å². The third-order valence-corrected chi connectivity index (χ3v) is 3.43. The maximum atomic E-state index is 12.3. The molecule has 3 N–H and O–H groups in total. The van der Waals surface area contributed by atoms with Crippen LogP contribution in [-0.4, -0.2) is 10.9 Å². The first kappa shape index (κ1) is 13.4. The van der Waals surface area contributed by atoms with Crippen molar-refractivity contribution < 1.29 is 4.79 Å². The van der Waals surface area contributed by atoms with Gasteiger partial charge in [-0.15, -0.1) is 0 Å². The van der Waals surface area contributed by atoms with Crippen molar-refractivity contribution in [1.82, 2.24) is 4.98 Å². The molecule has 0 bridgehead atoms. The van der Waals surface area contributed by atoms with Gasteiger partial charge in [-0.2, -0.15) is 0 Å². The van der Waals surface area contributed by atoms with Gasteiger partial charge in [0.05, 0.1) is 11.3 Å². The molecule has 3 aromatic rings. The highest BCUT2D eigenvalue weighted by Gasteiger charge is 2.11. The number of hydrogen-bond donors (Lipinski definition) is 2. The molecule has 5 heteroatoms. The number of rotatable bonds is 2. The molecule has 0 fully saturated rings. The lowest BCUT2D eigenvalue weighted by molar-refractivity contribution is 0.102. The molecule has 1 heterocycles. The molecule has 2 aromatic carbocycles. The van der Waals surface area contributed by atoms with Gasteiger partial charge in [-0.25, -0.2) is 0 Å². The first-order chi connectivity index (χ1) is 10.1. The molecule has 4 nitrogen and oxygen atoms in total. The van der Waals surface area contributed by atoms with Crippen molar-refractivity contribution in [3.8, 4) is 0 Å². The number of nitrogen functional groups attached to an aromatic ring is 1. The summed E-state index contributed by atoms with van der Waals surface area (Å²) in [4.78, 5) is 16.4. The van der Waals surface area contributed by atoms with Crippen LogP contribution in [0.5, 0.6) is 0 Å². The molecule has 0 radical (unpaired) electrons. The lowest BCUT2D eigenvalue weighted by atomic mass is 10.1. The van der Waals surface area contributed by atoms with Crippen LogP contribution in [0.1, 0.15) is 10.4 Å². The molecule has 0 saturated heterocycles. The molecule has 1 amide bonds. The van der Waals surface area contributed by atoms with Crippen LogP contribution in [0.25, 0.3) is 10.8 Å². The molecule has 0 unspecified atom stereocenters. The number of nitrogens with zero attached hydrogens (tertiary/aromatic N) is 1. The number of hydrogen-bond acceptors (Lipinski definition) is 3. The van der Waals surface area contributed by atoms with Crippen molar-refractivity contribution in [3.63, 3.8) is 0 Å². The summed E-state index contributed by atoms with van der Waals surface area (Å²) in [5.41, 5.74) is 7.26. The summed E-state index contributed by atoms with van der Waals surface area (Å²) in [6.45, 7) is 0. The summed E-state index contributed by atoms with van der Waals surface area (Å²) >= 11 is 5.84. The number of anilines is 2. The highest BCUT2D eigenvalue weighted by molar-refractivity contribution is 6.31. The van der Waals surface area contributed by atoms with Crippen molar-refractivity contribution in [2.75, 3.05) is 11.1 Å². The Morgan fingerprint density at radius 1 is 1.19 bits per heavy atom. The van der Waals surface area contributed by atoms with E-state index in [-0.39, 0.29) is 5.91 Å². The maximum absolute atomic E-state index is 12.3. The van der Waals surface area contributed by atoms with Crippen LogP contribution in [0.4, 0.5) is 11.4 Å². The predicted molar refractivity (Wildman–Crippen MR) is 85.6 cm³/mol. The smallest absolute Gasteiger partial charge is 0.257 e. The number of carbonyl (C=O) groups is 1. The second-order valence-electron chi connectivity index (χ2n) is 4.59. The summed E-state index contributed by atoms with van der Waals surface area (Å²) in [6, 6.07) is 12.4. The summed E-state index contributed by atoms with van der Waals surface area (Å²) in [7, 11) is 0. The van der Waals surface area contributed by atoms with Crippen LogP contribution < -0.4 is 11.1 Å². The van der Waals surface area contributed by atoms with Gasteiger partial charge < -0.3 is 11.1 Å². The molecular formula is C16H12ClN3O. The van der Waals surface area contributed by atoms with Crippen molar-refractivity contribution in [1.29, 1.82) is 0 Å². The zero-order valence-corrected chi connectivity index (χ0v) is 11.8. The van der Waals surface area contributed by atoms with Gasteiger partial charge in [-0.1, -0.05) is 23.7 Å². The van der Waals surface area contributed by atoms with Crippen LogP contribution in [0.2, 0.25) is 5.02 Å². The van der Waals surface area contributed by atoms with E-state index in [0.717, 1.165) is 10.8 Å². The Morgan fingerprint density at radius 2 is 2.05 bits per heavy atom. The van der Waals surface area contributed by atoms with E-state index in [4.69, 9.17) is 17.3 Å². The standard InChI is InChI=1S/C16H12ClN3O/c17-11-4-5-12(14(18)8-11)16(21)20-15-3-1-2-10-6-7-19-9-13(10)15/h1-9H,18H2,(H,20,21). The lowest BCUT2D eigenvalue weighted by Gasteiger charge is -2.10. The second-order valence-corrected chi connectivity index (χ2v) is 5.02. The number of halogens is 1. The van der Waals surface area contributed by atoms with Gasteiger partial charge in [0.2, 0.25) is 0 Å². The number of fused-ring (bicyclic) bond motifs is 1. The first-order valence-electron chi connectivity index (χ1n) is 6.34. The Labute approximate surface area is 126 Å². The van der Waals surface area contributed by atoms with E-state index < -0.39 is 0 Å². The van der Waals surface area contributed by atoms with E-state index in [1.807, 2.05) is 24.3 Å². The predicted octanol–water partition coefficient (Wildman–Crippen LogP) is 3.72. The molecule has 0 spiro atoms. The molecule has 0 aliphatic carbocycles. The Hall–Kier alpha value is -2.59. The number of nitrogens with two attached hydrogens (primary N) is 1. The highest BCUT2D eigenvalue weighted by Crippen LogP contribution is 2.24. The Morgan fingerprint density at radius 3 is 2.86 bits per heavy atom. The maximum Gasteiger partial charge on any atom is 0.257 e. The van der Waals surface area contributed by atoms with Gasteiger partial charge >= 0.3 is 0 Å². The van der Waals surface area contributed by atoms with Crippen LogP contribution in [-0.2, 0) is 0 Å². The largest absolute Gasteiger partial charge is 0.398 e. The fraction of sp³-hybridized carbons (Fsp3) is 0. The SMILES string of the molecule is Nc1cc(Cl)ccc1C(=O)Nc1cccc2ccncc12. The zero-order valence-electron chi connectivity index (χ0n) is 11.0. The second kappa shape index (κ2) is 5.42. The molecule has 21 heavy (non-hydrogen) atoms. The third-order valence-electron chi connectivity index (χ3n) is 3.19. The van der Waals surface area contributed by atoms with E-state index in [9.17, 15) is 4.79 Å². The minimum atomic E-state index is -0.277. The molecule has 0 saturated carbocycles. The van der Waals surface area contributed by atoms with E-state index in [0.29, 0.717) is 22.0 Å². The fourth-order valence-corrected chi connectivity index (χ4v) is 2.33. The van der Waals surface area contributed by atoms with Crippen LogP contribution >= 0.6 is 11.6 Å². The van der Waals surface area contributed by atoms with E-state index in [2.05, 4.69) is 10.3 Å². The molecule has 3 rings (SSSR count). The van der Waals surface area contributed by atoms with Gasteiger partial charge in [-0.05, 0) is 35.7 Å². The minimum Gasteiger partial charge on any atom is -0.398 e. The van der Waals surface area contributed by atoms with Gasteiger partial charge in [0.15, 0.2) is 0 Å². The van der Waals surface area contributed by atoms with Crippen LogP contribution in [0.3, 0.4) is 0 Å². The highest BCUT2D eigenvalue weighted by atomic mass is 35.5. The number of pyridine rings is 1. The first-order valence-corrected chi connectivity index (χ1v) is 6.72. The Balaban J connectivity index is 1.97. The molecular weight excluding hydrogens is 286 g/mol. The summed E-state index contributed by atoms with van der Waals surface area (Å²) in [5.74, 6) is -0.277. The summed E-state index contributed by atoms with van der Waals surface area (Å²) < 4.78 is 0.